The molecule has 0 aliphatic rings. The molecule has 1 aromatic rings. The third-order valence-corrected chi connectivity index (χ3v) is 4.24. The predicted octanol–water partition coefficient (Wildman–Crippen LogP) is 3.60. The Morgan fingerprint density at radius 1 is 1.32 bits per heavy atom. The average Bonchev–Trinajstić information content (AvgIpc) is 2.21. The predicted molar refractivity (Wildman–Crippen MR) is 79.3 cm³/mol. The molecule has 0 amide bonds. The molecule has 0 fully saturated rings. The van der Waals surface area contributed by atoms with Crippen LogP contribution in [0.1, 0.15) is 26.3 Å². The van der Waals surface area contributed by atoms with Crippen molar-refractivity contribution < 1.29 is 13.2 Å². The first-order valence-corrected chi connectivity index (χ1v) is 8.67. The molecule has 3 nitrogen and oxygen atoms in total. The van der Waals surface area contributed by atoms with E-state index < -0.39 is 9.05 Å². The molecule has 1 rings (SSSR count). The SMILES string of the molecule is Cc1cccc(OCC(CS(=O)(=O)Cl)C(C)(C)C)c1. The molecule has 1 atom stereocenters. The number of hydrogen-bond acceptors (Lipinski definition) is 3. The summed E-state index contributed by atoms with van der Waals surface area (Å²) in [6.07, 6.45) is 0. The fourth-order valence-electron chi connectivity index (χ4n) is 1.69. The van der Waals surface area contributed by atoms with Gasteiger partial charge in [0.25, 0.3) is 0 Å². The van der Waals surface area contributed by atoms with Crippen molar-refractivity contribution in [1.29, 1.82) is 0 Å². The summed E-state index contributed by atoms with van der Waals surface area (Å²) in [5, 5.41) is 0. The minimum absolute atomic E-state index is 0.0795. The fraction of sp³-hybridized carbons (Fsp3) is 0.571. The van der Waals surface area contributed by atoms with Crippen LogP contribution in [0, 0.1) is 18.3 Å². The van der Waals surface area contributed by atoms with Crippen LogP contribution in [-0.2, 0) is 9.05 Å². The van der Waals surface area contributed by atoms with Gasteiger partial charge in [-0.2, -0.15) is 0 Å². The lowest BCUT2D eigenvalue weighted by atomic mass is 9.82. The highest BCUT2D eigenvalue weighted by molar-refractivity contribution is 8.13. The first kappa shape index (κ1) is 16.3. The van der Waals surface area contributed by atoms with E-state index in [1.54, 1.807) is 0 Å². The van der Waals surface area contributed by atoms with E-state index in [0.717, 1.165) is 11.3 Å². The molecule has 19 heavy (non-hydrogen) atoms. The van der Waals surface area contributed by atoms with Crippen molar-refractivity contribution in [1.82, 2.24) is 0 Å². The smallest absolute Gasteiger partial charge is 0.233 e. The molecule has 0 N–H and O–H groups in total. The Labute approximate surface area is 120 Å². The van der Waals surface area contributed by atoms with Gasteiger partial charge in [0.05, 0.1) is 12.4 Å². The second kappa shape index (κ2) is 6.14. The normalized spacial score (nSPS) is 14.2. The molecular weight excluding hydrogens is 284 g/mol. The quantitative estimate of drug-likeness (QED) is 0.781. The fourth-order valence-corrected chi connectivity index (χ4v) is 3.22. The Bertz CT molecular complexity index is 518. The summed E-state index contributed by atoms with van der Waals surface area (Å²) < 4.78 is 28.2. The van der Waals surface area contributed by atoms with E-state index >= 15 is 0 Å². The number of rotatable bonds is 5. The lowest BCUT2D eigenvalue weighted by Crippen LogP contribution is -2.31. The van der Waals surface area contributed by atoms with Crippen LogP contribution >= 0.6 is 10.7 Å². The van der Waals surface area contributed by atoms with Gasteiger partial charge in [-0.1, -0.05) is 32.9 Å². The Hall–Kier alpha value is -0.740. The van der Waals surface area contributed by atoms with Gasteiger partial charge in [-0.3, -0.25) is 0 Å². The zero-order chi connectivity index (χ0) is 14.7. The maximum absolute atomic E-state index is 11.3. The summed E-state index contributed by atoms with van der Waals surface area (Å²) in [7, 11) is 1.83. The van der Waals surface area contributed by atoms with E-state index in [9.17, 15) is 8.42 Å². The van der Waals surface area contributed by atoms with E-state index in [1.165, 1.54) is 0 Å². The van der Waals surface area contributed by atoms with Crippen molar-refractivity contribution in [3.05, 3.63) is 29.8 Å². The van der Waals surface area contributed by atoms with Gasteiger partial charge in [-0.25, -0.2) is 8.42 Å². The molecule has 0 aliphatic carbocycles. The Balaban J connectivity index is 2.74. The molecule has 5 heteroatoms. The van der Waals surface area contributed by atoms with Crippen LogP contribution in [0.4, 0.5) is 0 Å². The van der Waals surface area contributed by atoms with Gasteiger partial charge in [0, 0.05) is 16.6 Å². The second-order valence-corrected chi connectivity index (χ2v) is 8.72. The van der Waals surface area contributed by atoms with E-state index in [2.05, 4.69) is 0 Å². The van der Waals surface area contributed by atoms with Gasteiger partial charge < -0.3 is 4.74 Å². The van der Waals surface area contributed by atoms with Gasteiger partial charge in [0.1, 0.15) is 5.75 Å². The highest BCUT2D eigenvalue weighted by atomic mass is 35.7. The van der Waals surface area contributed by atoms with E-state index in [-0.39, 0.29) is 17.1 Å². The minimum atomic E-state index is -3.53. The molecule has 0 spiro atoms. The zero-order valence-electron chi connectivity index (χ0n) is 11.8. The van der Waals surface area contributed by atoms with Crippen LogP contribution in [0.25, 0.3) is 0 Å². The van der Waals surface area contributed by atoms with Crippen LogP contribution in [-0.4, -0.2) is 20.8 Å². The lowest BCUT2D eigenvalue weighted by molar-refractivity contribution is 0.163. The molecule has 108 valence electrons. The number of halogens is 1. The largest absolute Gasteiger partial charge is 0.493 e. The maximum Gasteiger partial charge on any atom is 0.233 e. The standard InChI is InChI=1S/C14H21ClO3S/c1-11-6-5-7-13(8-11)18-9-12(14(2,3)4)10-19(15,16)17/h5-8,12H,9-10H2,1-4H3. The summed E-state index contributed by atoms with van der Waals surface area (Å²) in [5.74, 6) is 0.515. The van der Waals surface area contributed by atoms with E-state index in [4.69, 9.17) is 15.4 Å². The molecule has 1 unspecified atom stereocenters. The van der Waals surface area contributed by atoms with Crippen LogP contribution < -0.4 is 4.74 Å². The Kier molecular flexibility index (Phi) is 5.27. The second-order valence-electron chi connectivity index (χ2n) is 5.90. The average molecular weight is 305 g/mol. The van der Waals surface area contributed by atoms with Crippen molar-refractivity contribution >= 4 is 19.7 Å². The van der Waals surface area contributed by atoms with Crippen LogP contribution in [0.5, 0.6) is 5.75 Å². The third-order valence-electron chi connectivity index (χ3n) is 3.07. The van der Waals surface area contributed by atoms with Gasteiger partial charge in [0.2, 0.25) is 9.05 Å². The van der Waals surface area contributed by atoms with Crippen LogP contribution in [0.15, 0.2) is 24.3 Å². The van der Waals surface area contributed by atoms with Gasteiger partial charge in [-0.05, 0) is 30.0 Å². The zero-order valence-corrected chi connectivity index (χ0v) is 13.4. The van der Waals surface area contributed by atoms with Crippen molar-refractivity contribution in [3.8, 4) is 5.75 Å². The molecule has 0 saturated heterocycles. The van der Waals surface area contributed by atoms with E-state index in [0.29, 0.717) is 6.61 Å². The van der Waals surface area contributed by atoms with Crippen molar-refractivity contribution in [2.24, 2.45) is 11.3 Å². The maximum atomic E-state index is 11.3. The summed E-state index contributed by atoms with van der Waals surface area (Å²) in [6, 6.07) is 7.68. The third kappa shape index (κ3) is 6.30. The van der Waals surface area contributed by atoms with Gasteiger partial charge >= 0.3 is 0 Å². The molecule has 1 aromatic carbocycles. The minimum Gasteiger partial charge on any atom is -0.493 e. The summed E-state index contributed by atoms with van der Waals surface area (Å²) in [6.45, 7) is 8.27. The lowest BCUT2D eigenvalue weighted by Gasteiger charge is -2.29. The first-order chi connectivity index (χ1) is 8.58. The molecule has 0 aromatic heterocycles. The molecule has 0 radical (unpaired) electrons. The monoisotopic (exact) mass is 304 g/mol. The molecule has 0 heterocycles. The first-order valence-electron chi connectivity index (χ1n) is 6.20. The highest BCUT2D eigenvalue weighted by Crippen LogP contribution is 2.29. The molecule has 0 saturated carbocycles. The summed E-state index contributed by atoms with van der Waals surface area (Å²) in [5.41, 5.74) is 0.918. The van der Waals surface area contributed by atoms with E-state index in [1.807, 2.05) is 52.0 Å². The topological polar surface area (TPSA) is 43.4 Å². The van der Waals surface area contributed by atoms with Crippen molar-refractivity contribution in [3.63, 3.8) is 0 Å². The number of hydrogen-bond donors (Lipinski definition) is 0. The Morgan fingerprint density at radius 3 is 2.42 bits per heavy atom. The van der Waals surface area contributed by atoms with Crippen molar-refractivity contribution in [2.45, 2.75) is 27.7 Å². The highest BCUT2D eigenvalue weighted by Gasteiger charge is 2.29. The van der Waals surface area contributed by atoms with Gasteiger partial charge in [0.15, 0.2) is 0 Å². The molecule has 0 bridgehead atoms. The number of ether oxygens (including phenoxy) is 1. The number of benzene rings is 1. The molecular formula is C14H21ClO3S. The summed E-state index contributed by atoms with van der Waals surface area (Å²) >= 11 is 0. The summed E-state index contributed by atoms with van der Waals surface area (Å²) in [4.78, 5) is 0. The molecule has 0 aliphatic heterocycles. The van der Waals surface area contributed by atoms with Crippen molar-refractivity contribution in [2.75, 3.05) is 12.4 Å². The van der Waals surface area contributed by atoms with Crippen LogP contribution in [0.2, 0.25) is 0 Å². The Morgan fingerprint density at radius 2 is 1.95 bits per heavy atom. The number of aryl methyl sites for hydroxylation is 1. The van der Waals surface area contributed by atoms with Gasteiger partial charge in [-0.15, -0.1) is 0 Å². The van der Waals surface area contributed by atoms with Crippen LogP contribution in [0.3, 0.4) is 0 Å².